The Morgan fingerprint density at radius 2 is 1.86 bits per heavy atom. The molecule has 5 rings (SSSR count). The third-order valence-corrected chi connectivity index (χ3v) is 11.4. The molecule has 35 heavy (non-hydrogen) atoms. The molecule has 0 aliphatic heterocycles. The normalized spacial score (nSPS) is 43.5. The lowest BCUT2D eigenvalue weighted by molar-refractivity contribution is -0.174. The van der Waals surface area contributed by atoms with Gasteiger partial charge in [0.15, 0.2) is 0 Å². The molecule has 0 spiro atoms. The second-order valence-corrected chi connectivity index (χ2v) is 13.1. The summed E-state index contributed by atoms with van der Waals surface area (Å²) in [6, 6.07) is 5.78. The van der Waals surface area contributed by atoms with Gasteiger partial charge in [0.25, 0.3) is 0 Å². The Morgan fingerprint density at radius 1 is 1.09 bits per heavy atom. The highest BCUT2D eigenvalue weighted by atomic mass is 16.3. The van der Waals surface area contributed by atoms with Crippen molar-refractivity contribution in [3.05, 3.63) is 30.1 Å². The van der Waals surface area contributed by atoms with Gasteiger partial charge < -0.3 is 15.5 Å². The van der Waals surface area contributed by atoms with Crippen LogP contribution in [0.4, 0.5) is 0 Å². The number of fused-ring (bicyclic) bond motifs is 5. The van der Waals surface area contributed by atoms with E-state index in [1.54, 1.807) is 6.20 Å². The Balaban J connectivity index is 1.21. The quantitative estimate of drug-likeness (QED) is 0.527. The molecular weight excluding hydrogens is 436 g/mol. The average molecular weight is 483 g/mol. The predicted octanol–water partition coefficient (Wildman–Crippen LogP) is 5.10. The van der Waals surface area contributed by atoms with E-state index in [1.807, 2.05) is 18.2 Å². The molecule has 0 bridgehead atoms. The van der Waals surface area contributed by atoms with Crippen LogP contribution in [0.2, 0.25) is 0 Å². The summed E-state index contributed by atoms with van der Waals surface area (Å²) in [6.07, 6.45) is 11.6. The predicted molar refractivity (Wildman–Crippen MR) is 137 cm³/mol. The molecule has 4 aliphatic rings. The number of pyridine rings is 1. The molecule has 5 unspecified atom stereocenters. The topological polar surface area (TPSA) is 82.5 Å². The van der Waals surface area contributed by atoms with Crippen molar-refractivity contribution < 1.29 is 15.0 Å². The van der Waals surface area contributed by atoms with Crippen LogP contribution in [0.25, 0.3) is 0 Å². The molecule has 0 aromatic carbocycles. The van der Waals surface area contributed by atoms with E-state index in [2.05, 4.69) is 31.1 Å². The van der Waals surface area contributed by atoms with E-state index in [1.165, 1.54) is 25.7 Å². The Hall–Kier alpha value is -1.46. The van der Waals surface area contributed by atoms with Crippen LogP contribution in [0.3, 0.4) is 0 Å². The largest absolute Gasteiger partial charge is 0.393 e. The fourth-order valence-electron chi connectivity index (χ4n) is 9.52. The van der Waals surface area contributed by atoms with Crippen molar-refractivity contribution in [1.29, 1.82) is 0 Å². The minimum absolute atomic E-state index is 0.118. The molecule has 0 radical (unpaired) electrons. The van der Waals surface area contributed by atoms with E-state index in [9.17, 15) is 15.0 Å². The van der Waals surface area contributed by atoms with Gasteiger partial charge in [0.1, 0.15) is 0 Å². The number of nitrogens with one attached hydrogen (secondary N) is 1. The third-order valence-electron chi connectivity index (χ3n) is 11.4. The molecule has 4 fully saturated rings. The number of amides is 1. The number of nitrogens with zero attached hydrogens (tertiary/aromatic N) is 1. The number of aliphatic hydroxyl groups excluding tert-OH is 2. The van der Waals surface area contributed by atoms with Crippen LogP contribution in [0.5, 0.6) is 0 Å². The molecule has 1 heterocycles. The maximum absolute atomic E-state index is 12.5. The fraction of sp³-hybridized carbons (Fsp3) is 0.800. The van der Waals surface area contributed by atoms with Gasteiger partial charge in [0.05, 0.1) is 24.4 Å². The van der Waals surface area contributed by atoms with E-state index in [0.717, 1.165) is 37.8 Å². The van der Waals surface area contributed by atoms with Gasteiger partial charge in [-0.15, -0.1) is 0 Å². The van der Waals surface area contributed by atoms with Crippen molar-refractivity contribution in [3.8, 4) is 0 Å². The number of rotatable bonds is 6. The average Bonchev–Trinajstić information content (AvgIpc) is 3.20. The zero-order valence-electron chi connectivity index (χ0n) is 22.0. The lowest BCUT2D eigenvalue weighted by atomic mass is 9.43. The third kappa shape index (κ3) is 4.56. The van der Waals surface area contributed by atoms with Gasteiger partial charge in [-0.1, -0.05) is 26.8 Å². The summed E-state index contributed by atoms with van der Waals surface area (Å²) in [5.41, 5.74) is 1.44. The van der Waals surface area contributed by atoms with Crippen molar-refractivity contribution in [2.45, 2.75) is 104 Å². The summed E-state index contributed by atoms with van der Waals surface area (Å²) in [5, 5.41) is 24.8. The van der Waals surface area contributed by atoms with Gasteiger partial charge in [0, 0.05) is 12.6 Å². The van der Waals surface area contributed by atoms with Crippen molar-refractivity contribution in [2.75, 3.05) is 0 Å². The zero-order chi connectivity index (χ0) is 24.8. The first-order valence-corrected chi connectivity index (χ1v) is 14.2. The van der Waals surface area contributed by atoms with Crippen LogP contribution in [0.1, 0.15) is 90.7 Å². The Kier molecular flexibility index (Phi) is 7.04. The molecule has 4 saturated carbocycles. The Labute approximate surface area is 211 Å². The van der Waals surface area contributed by atoms with Crippen LogP contribution in [0, 0.1) is 46.3 Å². The van der Waals surface area contributed by atoms with Gasteiger partial charge in [-0.3, -0.25) is 9.78 Å². The number of aliphatic hydroxyl groups is 2. The number of hydrogen-bond acceptors (Lipinski definition) is 4. The summed E-state index contributed by atoms with van der Waals surface area (Å²) in [7, 11) is 0. The monoisotopic (exact) mass is 482 g/mol. The first-order valence-electron chi connectivity index (χ1n) is 14.2. The summed E-state index contributed by atoms with van der Waals surface area (Å²) in [4.78, 5) is 16.8. The lowest BCUT2D eigenvalue weighted by Crippen LogP contribution is -2.58. The van der Waals surface area contributed by atoms with Crippen LogP contribution < -0.4 is 5.32 Å². The maximum atomic E-state index is 12.5. The highest BCUT2D eigenvalue weighted by Gasteiger charge is 2.62. The van der Waals surface area contributed by atoms with E-state index >= 15 is 0 Å². The zero-order valence-corrected chi connectivity index (χ0v) is 22.0. The number of carbonyl (C=O) groups is 1. The van der Waals surface area contributed by atoms with Crippen LogP contribution >= 0.6 is 0 Å². The molecule has 1 amide bonds. The number of carbonyl (C=O) groups excluding carboxylic acids is 1. The molecule has 5 heteroatoms. The molecule has 1 aromatic rings. The SMILES string of the molecule is C[C@H](CCC(=O)NCc1ccccn1)C1CCC2C3C(CC[C@@]21C)[C@@]1(C)CC[C@@H](O)CC1C[C@@H]3O. The summed E-state index contributed by atoms with van der Waals surface area (Å²) in [6.45, 7) is 7.84. The fourth-order valence-corrected chi connectivity index (χ4v) is 9.52. The molecule has 3 N–H and O–H groups in total. The van der Waals surface area contributed by atoms with Crippen molar-refractivity contribution in [3.63, 3.8) is 0 Å². The molecule has 0 saturated heterocycles. The second-order valence-electron chi connectivity index (χ2n) is 13.1. The molecule has 194 valence electrons. The van der Waals surface area contributed by atoms with Crippen LogP contribution in [0.15, 0.2) is 24.4 Å². The van der Waals surface area contributed by atoms with Crippen LogP contribution in [-0.2, 0) is 11.3 Å². The number of aromatic nitrogens is 1. The van der Waals surface area contributed by atoms with Gasteiger partial charge in [0.2, 0.25) is 5.91 Å². The minimum atomic E-state index is -0.223. The Morgan fingerprint density at radius 3 is 2.63 bits per heavy atom. The molecule has 10 atom stereocenters. The van der Waals surface area contributed by atoms with E-state index in [0.29, 0.717) is 48.5 Å². The highest BCUT2D eigenvalue weighted by molar-refractivity contribution is 5.75. The van der Waals surface area contributed by atoms with E-state index < -0.39 is 0 Å². The Bertz CT molecular complexity index is 893. The smallest absolute Gasteiger partial charge is 0.220 e. The summed E-state index contributed by atoms with van der Waals surface area (Å²) in [5.74, 6) is 3.31. The van der Waals surface area contributed by atoms with E-state index in [4.69, 9.17) is 0 Å². The van der Waals surface area contributed by atoms with Crippen molar-refractivity contribution in [1.82, 2.24) is 10.3 Å². The minimum Gasteiger partial charge on any atom is -0.393 e. The highest BCUT2D eigenvalue weighted by Crippen LogP contribution is 2.68. The number of hydrogen-bond donors (Lipinski definition) is 3. The standard InChI is InChI=1S/C30H46N2O3/c1-19(7-10-27(35)32-18-21-6-4-5-15-31-21)23-8-9-24-28-25(12-14-30(23,24)3)29(2)13-11-22(33)16-20(29)17-26(28)34/h4-6,15,19-20,22-26,28,33-34H,7-14,16-18H2,1-3H3,(H,32,35)/t19-,20?,22-,23?,24?,25?,26+,28?,29+,30-/m1/s1. The maximum Gasteiger partial charge on any atom is 0.220 e. The van der Waals surface area contributed by atoms with Gasteiger partial charge >= 0.3 is 0 Å². The molecule has 4 aliphatic carbocycles. The van der Waals surface area contributed by atoms with Gasteiger partial charge in [-0.25, -0.2) is 0 Å². The first kappa shape index (κ1) is 25.2. The van der Waals surface area contributed by atoms with E-state index in [-0.39, 0.29) is 28.9 Å². The molecular formula is C30H46N2O3. The van der Waals surface area contributed by atoms with Crippen LogP contribution in [-0.4, -0.2) is 33.3 Å². The van der Waals surface area contributed by atoms with Gasteiger partial charge in [-0.2, -0.15) is 0 Å². The van der Waals surface area contributed by atoms with Crippen molar-refractivity contribution in [2.24, 2.45) is 46.3 Å². The first-order chi connectivity index (χ1) is 16.7. The lowest BCUT2D eigenvalue weighted by Gasteiger charge is -2.62. The summed E-state index contributed by atoms with van der Waals surface area (Å²) < 4.78 is 0. The molecule has 1 aromatic heterocycles. The summed E-state index contributed by atoms with van der Waals surface area (Å²) >= 11 is 0. The van der Waals surface area contributed by atoms with Gasteiger partial charge in [-0.05, 0) is 116 Å². The second kappa shape index (κ2) is 9.78. The molecule has 5 nitrogen and oxygen atoms in total. The van der Waals surface area contributed by atoms with Crippen molar-refractivity contribution >= 4 is 5.91 Å².